The van der Waals surface area contributed by atoms with Crippen molar-refractivity contribution in [3.8, 4) is 0 Å². The number of nitrogens with one attached hydrogen (secondary N) is 2. The van der Waals surface area contributed by atoms with Gasteiger partial charge in [-0.25, -0.2) is 8.78 Å². The number of nitrogens with zero attached hydrogens (tertiary/aromatic N) is 2. The van der Waals surface area contributed by atoms with Crippen LogP contribution in [0.1, 0.15) is 16.1 Å². The average Bonchev–Trinajstić information content (AvgIpc) is 2.65. The van der Waals surface area contributed by atoms with Crippen molar-refractivity contribution in [3.63, 3.8) is 0 Å². The van der Waals surface area contributed by atoms with Crippen molar-refractivity contribution >= 4 is 29.0 Å². The van der Waals surface area contributed by atoms with Gasteiger partial charge in [0.25, 0.3) is 5.91 Å². The number of amides is 1. The van der Waals surface area contributed by atoms with E-state index in [0.29, 0.717) is 17.4 Å². The van der Waals surface area contributed by atoms with Crippen LogP contribution in [0, 0.1) is 11.6 Å². The molecular formula is C19H15ClF2N4O. The fourth-order valence-corrected chi connectivity index (χ4v) is 2.56. The standard InChI is InChI=1S/C19H15ClF2N4O/c20-13-3-1-2-12(10-13)8-9-23-18-7-6-17(25-26-18)19(27)24-14-4-5-15(21)16(22)11-14/h1-7,10-11H,8-9H2,(H,23,26)(H,24,27). The van der Waals surface area contributed by atoms with Crippen LogP contribution < -0.4 is 10.6 Å². The van der Waals surface area contributed by atoms with Crippen LogP contribution in [-0.2, 0) is 6.42 Å². The lowest BCUT2D eigenvalue weighted by Gasteiger charge is -2.07. The maximum Gasteiger partial charge on any atom is 0.276 e. The lowest BCUT2D eigenvalue weighted by molar-refractivity contribution is 0.102. The zero-order valence-corrected chi connectivity index (χ0v) is 14.8. The normalized spacial score (nSPS) is 10.5. The fraction of sp³-hybridized carbons (Fsp3) is 0.105. The molecule has 0 atom stereocenters. The number of hydrogen-bond donors (Lipinski definition) is 2. The third-order valence-electron chi connectivity index (χ3n) is 3.68. The molecule has 0 aliphatic rings. The van der Waals surface area contributed by atoms with E-state index in [9.17, 15) is 13.6 Å². The van der Waals surface area contributed by atoms with Crippen LogP contribution in [0.25, 0.3) is 0 Å². The van der Waals surface area contributed by atoms with Gasteiger partial charge in [0.2, 0.25) is 0 Å². The summed E-state index contributed by atoms with van der Waals surface area (Å²) < 4.78 is 26.1. The first kappa shape index (κ1) is 18.7. The van der Waals surface area contributed by atoms with Crippen LogP contribution in [0.3, 0.4) is 0 Å². The molecule has 0 saturated heterocycles. The monoisotopic (exact) mass is 388 g/mol. The fourth-order valence-electron chi connectivity index (χ4n) is 2.34. The van der Waals surface area contributed by atoms with Gasteiger partial charge in [0.1, 0.15) is 5.82 Å². The van der Waals surface area contributed by atoms with Gasteiger partial charge < -0.3 is 10.6 Å². The van der Waals surface area contributed by atoms with E-state index in [0.717, 1.165) is 24.1 Å². The molecule has 2 aromatic carbocycles. The first-order valence-corrected chi connectivity index (χ1v) is 8.47. The summed E-state index contributed by atoms with van der Waals surface area (Å²) in [5, 5.41) is 14.0. The Labute approximate surface area is 159 Å². The van der Waals surface area contributed by atoms with E-state index in [2.05, 4.69) is 20.8 Å². The molecule has 0 spiro atoms. The summed E-state index contributed by atoms with van der Waals surface area (Å²) in [4.78, 5) is 12.1. The summed E-state index contributed by atoms with van der Waals surface area (Å²) >= 11 is 5.94. The number of aromatic nitrogens is 2. The number of carbonyl (C=O) groups is 1. The van der Waals surface area contributed by atoms with Crippen LogP contribution >= 0.6 is 11.6 Å². The van der Waals surface area contributed by atoms with Crippen molar-refractivity contribution < 1.29 is 13.6 Å². The second kappa shape index (κ2) is 8.55. The van der Waals surface area contributed by atoms with Gasteiger partial charge >= 0.3 is 0 Å². The van der Waals surface area contributed by atoms with Crippen LogP contribution in [0.15, 0.2) is 54.6 Å². The summed E-state index contributed by atoms with van der Waals surface area (Å²) in [5.74, 6) is -2.08. The van der Waals surface area contributed by atoms with Gasteiger partial charge in [-0.05, 0) is 48.4 Å². The molecule has 5 nitrogen and oxygen atoms in total. The van der Waals surface area contributed by atoms with Crippen molar-refractivity contribution in [1.82, 2.24) is 10.2 Å². The Bertz CT molecular complexity index is 951. The number of anilines is 2. The Kier molecular flexibility index (Phi) is 5.93. The van der Waals surface area contributed by atoms with E-state index in [4.69, 9.17) is 11.6 Å². The van der Waals surface area contributed by atoms with Crippen molar-refractivity contribution in [2.75, 3.05) is 17.2 Å². The molecule has 1 amide bonds. The molecule has 0 aliphatic carbocycles. The predicted octanol–water partition coefficient (Wildman–Crippen LogP) is 4.32. The van der Waals surface area contributed by atoms with Crippen LogP contribution in [0.4, 0.5) is 20.3 Å². The number of halogens is 3. The highest BCUT2D eigenvalue weighted by atomic mass is 35.5. The minimum atomic E-state index is -1.04. The van der Waals surface area contributed by atoms with E-state index >= 15 is 0 Å². The molecule has 138 valence electrons. The van der Waals surface area contributed by atoms with E-state index in [1.54, 1.807) is 6.07 Å². The second-order valence-electron chi connectivity index (χ2n) is 5.69. The summed E-state index contributed by atoms with van der Waals surface area (Å²) in [5.41, 5.74) is 1.27. The van der Waals surface area contributed by atoms with Gasteiger partial charge in [-0.3, -0.25) is 4.79 Å². The van der Waals surface area contributed by atoms with Gasteiger partial charge in [0.15, 0.2) is 17.3 Å². The average molecular weight is 389 g/mol. The van der Waals surface area contributed by atoms with E-state index in [1.165, 1.54) is 12.1 Å². The molecular weight excluding hydrogens is 374 g/mol. The van der Waals surface area contributed by atoms with Crippen LogP contribution in [-0.4, -0.2) is 22.6 Å². The lowest BCUT2D eigenvalue weighted by atomic mass is 10.1. The Morgan fingerprint density at radius 3 is 2.56 bits per heavy atom. The Hall–Kier alpha value is -3.06. The molecule has 0 radical (unpaired) electrons. The third-order valence-corrected chi connectivity index (χ3v) is 3.92. The summed E-state index contributed by atoms with van der Waals surface area (Å²) in [6.07, 6.45) is 0.751. The second-order valence-corrected chi connectivity index (χ2v) is 6.13. The molecule has 3 aromatic rings. The Morgan fingerprint density at radius 2 is 1.85 bits per heavy atom. The van der Waals surface area contributed by atoms with E-state index < -0.39 is 17.5 Å². The maximum atomic E-state index is 13.2. The molecule has 1 aromatic heterocycles. The molecule has 1 heterocycles. The van der Waals surface area contributed by atoms with E-state index in [1.807, 2.05) is 24.3 Å². The number of hydrogen-bond acceptors (Lipinski definition) is 4. The lowest BCUT2D eigenvalue weighted by Crippen LogP contribution is -2.15. The minimum absolute atomic E-state index is 0.0557. The van der Waals surface area contributed by atoms with Crippen LogP contribution in [0.2, 0.25) is 5.02 Å². The molecule has 0 saturated carbocycles. The first-order valence-electron chi connectivity index (χ1n) is 8.10. The molecule has 8 heteroatoms. The van der Waals surface area contributed by atoms with Gasteiger partial charge in [0.05, 0.1) is 0 Å². The van der Waals surface area contributed by atoms with Gasteiger partial charge in [-0.1, -0.05) is 23.7 Å². The SMILES string of the molecule is O=C(Nc1ccc(F)c(F)c1)c1ccc(NCCc2cccc(Cl)c2)nn1. The highest BCUT2D eigenvalue weighted by Crippen LogP contribution is 2.14. The highest BCUT2D eigenvalue weighted by molar-refractivity contribution is 6.30. The Balaban J connectivity index is 1.54. The quantitative estimate of drug-likeness (QED) is 0.660. The number of carbonyl (C=O) groups excluding carboxylic acids is 1. The largest absolute Gasteiger partial charge is 0.368 e. The van der Waals surface area contributed by atoms with Gasteiger partial charge in [0, 0.05) is 23.3 Å². The predicted molar refractivity (Wildman–Crippen MR) is 100.0 cm³/mol. The number of benzene rings is 2. The Morgan fingerprint density at radius 1 is 1.00 bits per heavy atom. The summed E-state index contributed by atoms with van der Waals surface area (Å²) in [6.45, 7) is 0.620. The first-order chi connectivity index (χ1) is 13.0. The molecule has 27 heavy (non-hydrogen) atoms. The van der Waals surface area contributed by atoms with Gasteiger partial charge in [-0.15, -0.1) is 10.2 Å². The van der Waals surface area contributed by atoms with Crippen molar-refractivity contribution in [2.45, 2.75) is 6.42 Å². The molecule has 2 N–H and O–H groups in total. The van der Waals surface area contributed by atoms with Crippen molar-refractivity contribution in [1.29, 1.82) is 0 Å². The van der Waals surface area contributed by atoms with Crippen LogP contribution in [0.5, 0.6) is 0 Å². The van der Waals surface area contributed by atoms with Gasteiger partial charge in [-0.2, -0.15) is 0 Å². The maximum absolute atomic E-state index is 13.2. The summed E-state index contributed by atoms with van der Waals surface area (Å²) in [6, 6.07) is 13.8. The van der Waals surface area contributed by atoms with Crippen molar-refractivity contribution in [2.24, 2.45) is 0 Å². The van der Waals surface area contributed by atoms with Crippen molar-refractivity contribution in [3.05, 3.63) is 82.5 Å². The molecule has 0 unspecified atom stereocenters. The molecule has 0 aliphatic heterocycles. The molecule has 0 bridgehead atoms. The summed E-state index contributed by atoms with van der Waals surface area (Å²) in [7, 11) is 0. The molecule has 3 rings (SSSR count). The third kappa shape index (κ3) is 5.21. The zero-order chi connectivity index (χ0) is 19.2. The minimum Gasteiger partial charge on any atom is -0.368 e. The smallest absolute Gasteiger partial charge is 0.276 e. The topological polar surface area (TPSA) is 66.9 Å². The molecule has 0 fully saturated rings. The van der Waals surface area contributed by atoms with E-state index in [-0.39, 0.29) is 11.4 Å². The number of rotatable bonds is 6. The highest BCUT2D eigenvalue weighted by Gasteiger charge is 2.10. The zero-order valence-electron chi connectivity index (χ0n) is 14.0.